The molecular weight excluding hydrogens is 241 g/mol. The molecule has 1 N–H and O–H groups in total. The van der Waals surface area contributed by atoms with Gasteiger partial charge in [-0.25, -0.2) is 9.37 Å². The number of hydrogen-bond donors (Lipinski definition) is 1. The number of nitrogens with zero attached hydrogens (tertiary/aromatic N) is 2. The van der Waals surface area contributed by atoms with E-state index in [4.69, 9.17) is 0 Å². The second kappa shape index (κ2) is 5.43. The zero-order valence-electron chi connectivity index (χ0n) is 10.9. The summed E-state index contributed by atoms with van der Waals surface area (Å²) in [6, 6.07) is 6.47. The average molecular weight is 259 g/mol. The Bertz CT molecular complexity index is 545. The van der Waals surface area contributed by atoms with Crippen LogP contribution in [-0.2, 0) is 19.4 Å². The summed E-state index contributed by atoms with van der Waals surface area (Å²) in [5.41, 5.74) is 3.62. The van der Waals surface area contributed by atoms with E-state index in [1.54, 1.807) is 12.1 Å². The van der Waals surface area contributed by atoms with E-state index in [-0.39, 0.29) is 5.82 Å². The minimum Gasteiger partial charge on any atom is -0.383 e. The summed E-state index contributed by atoms with van der Waals surface area (Å²) in [7, 11) is 0. The summed E-state index contributed by atoms with van der Waals surface area (Å²) in [5, 5.41) is 3.30. The molecule has 3 nitrogen and oxygen atoms in total. The first-order valence-corrected chi connectivity index (χ1v) is 6.85. The lowest BCUT2D eigenvalue weighted by atomic mass is 10.0. The van der Waals surface area contributed by atoms with Gasteiger partial charge in [-0.15, -0.1) is 0 Å². The predicted octanol–water partition coefficient (Wildman–Crippen LogP) is 3.01. The maximum absolute atomic E-state index is 12.8. The van der Waals surface area contributed by atoms with Gasteiger partial charge in [0.15, 0.2) is 0 Å². The Morgan fingerprint density at radius 1 is 1.16 bits per heavy atom. The number of imidazole rings is 1. The fourth-order valence-electron chi connectivity index (χ4n) is 2.61. The number of benzene rings is 1. The third kappa shape index (κ3) is 2.78. The van der Waals surface area contributed by atoms with E-state index in [9.17, 15) is 4.39 Å². The number of aromatic nitrogens is 2. The molecule has 0 unspecified atom stereocenters. The summed E-state index contributed by atoms with van der Waals surface area (Å²) < 4.78 is 15.0. The molecule has 0 saturated heterocycles. The first-order chi connectivity index (χ1) is 9.33. The lowest BCUT2D eigenvalue weighted by Crippen LogP contribution is -2.14. The lowest BCUT2D eigenvalue weighted by Gasteiger charge is -2.14. The molecule has 1 aliphatic carbocycles. The van der Waals surface area contributed by atoms with Crippen LogP contribution in [0.15, 0.2) is 30.6 Å². The number of rotatable bonds is 4. The van der Waals surface area contributed by atoms with Crippen LogP contribution < -0.4 is 5.32 Å². The van der Waals surface area contributed by atoms with Gasteiger partial charge in [-0.2, -0.15) is 0 Å². The molecular formula is C15H18FN3. The van der Waals surface area contributed by atoms with Crippen molar-refractivity contribution in [3.05, 3.63) is 47.8 Å². The van der Waals surface area contributed by atoms with Crippen LogP contribution >= 0.6 is 0 Å². The van der Waals surface area contributed by atoms with E-state index in [0.717, 1.165) is 31.6 Å². The molecule has 0 spiro atoms. The highest BCUT2D eigenvalue weighted by Crippen LogP contribution is 2.19. The Balaban J connectivity index is 1.57. The molecule has 0 atom stereocenters. The van der Waals surface area contributed by atoms with Gasteiger partial charge in [0.25, 0.3) is 0 Å². The number of aryl methyl sites for hydroxylation is 1. The van der Waals surface area contributed by atoms with Crippen molar-refractivity contribution in [1.82, 2.24) is 9.55 Å². The number of hydrogen-bond acceptors (Lipinski definition) is 2. The Morgan fingerprint density at radius 3 is 2.79 bits per heavy atom. The van der Waals surface area contributed by atoms with Crippen LogP contribution in [0.3, 0.4) is 0 Å². The molecule has 1 heterocycles. The molecule has 1 aromatic carbocycles. The van der Waals surface area contributed by atoms with Crippen molar-refractivity contribution in [2.75, 3.05) is 11.9 Å². The van der Waals surface area contributed by atoms with Crippen LogP contribution in [0.25, 0.3) is 0 Å². The van der Waals surface area contributed by atoms with Crippen LogP contribution in [0, 0.1) is 5.82 Å². The molecule has 0 bridgehead atoms. The molecule has 1 aliphatic rings. The fraction of sp³-hybridized carbons (Fsp3) is 0.400. The molecule has 0 fully saturated rings. The van der Waals surface area contributed by atoms with Crippen LogP contribution in [0.2, 0.25) is 0 Å². The quantitative estimate of drug-likeness (QED) is 0.914. The molecule has 4 heteroatoms. The third-order valence-electron chi connectivity index (χ3n) is 3.64. The second-order valence-corrected chi connectivity index (χ2v) is 4.97. The first kappa shape index (κ1) is 12.2. The van der Waals surface area contributed by atoms with Crippen molar-refractivity contribution in [3.8, 4) is 0 Å². The fourth-order valence-corrected chi connectivity index (χ4v) is 2.61. The van der Waals surface area contributed by atoms with Gasteiger partial charge >= 0.3 is 0 Å². The lowest BCUT2D eigenvalue weighted by molar-refractivity contribution is 0.612. The Hall–Kier alpha value is -1.84. The van der Waals surface area contributed by atoms with Crippen molar-refractivity contribution in [1.29, 1.82) is 0 Å². The number of halogens is 1. The zero-order valence-corrected chi connectivity index (χ0v) is 10.9. The number of anilines is 1. The third-order valence-corrected chi connectivity index (χ3v) is 3.64. The molecule has 0 aliphatic heterocycles. The van der Waals surface area contributed by atoms with E-state index < -0.39 is 0 Å². The molecule has 0 amide bonds. The van der Waals surface area contributed by atoms with Crippen LogP contribution in [0.4, 0.5) is 10.1 Å². The van der Waals surface area contributed by atoms with Gasteiger partial charge in [0.1, 0.15) is 5.82 Å². The van der Waals surface area contributed by atoms with Gasteiger partial charge in [-0.1, -0.05) is 0 Å². The van der Waals surface area contributed by atoms with E-state index in [2.05, 4.69) is 14.9 Å². The highest BCUT2D eigenvalue weighted by Gasteiger charge is 2.14. The normalized spacial score (nSPS) is 14.2. The van der Waals surface area contributed by atoms with Crippen molar-refractivity contribution >= 4 is 5.69 Å². The first-order valence-electron chi connectivity index (χ1n) is 6.85. The standard InChI is InChI=1S/C15H18FN3/c16-12-5-7-13(8-6-12)17-9-10-19-11-18-14-3-1-2-4-15(14)19/h5-8,11,17H,1-4,9-10H2. The highest BCUT2D eigenvalue weighted by molar-refractivity contribution is 5.42. The monoisotopic (exact) mass is 259 g/mol. The zero-order chi connectivity index (χ0) is 13.1. The highest BCUT2D eigenvalue weighted by atomic mass is 19.1. The Morgan fingerprint density at radius 2 is 1.95 bits per heavy atom. The summed E-state index contributed by atoms with van der Waals surface area (Å²) in [6.45, 7) is 1.73. The number of nitrogens with one attached hydrogen (secondary N) is 1. The van der Waals surface area contributed by atoms with E-state index in [0.29, 0.717) is 0 Å². The van der Waals surface area contributed by atoms with E-state index in [1.807, 2.05) is 6.33 Å². The van der Waals surface area contributed by atoms with Crippen LogP contribution in [0.5, 0.6) is 0 Å². The van der Waals surface area contributed by atoms with Gasteiger partial charge in [-0.3, -0.25) is 0 Å². The molecule has 0 saturated carbocycles. The minimum atomic E-state index is -0.200. The van der Waals surface area contributed by atoms with Gasteiger partial charge in [0.2, 0.25) is 0 Å². The average Bonchev–Trinajstić information content (AvgIpc) is 2.85. The SMILES string of the molecule is Fc1ccc(NCCn2cnc3c2CCCC3)cc1. The smallest absolute Gasteiger partial charge is 0.123 e. The Labute approximate surface area is 112 Å². The van der Waals surface area contributed by atoms with Gasteiger partial charge < -0.3 is 9.88 Å². The summed E-state index contributed by atoms with van der Waals surface area (Å²) in [6.07, 6.45) is 6.74. The van der Waals surface area contributed by atoms with Crippen LogP contribution in [-0.4, -0.2) is 16.1 Å². The molecule has 2 aromatic rings. The topological polar surface area (TPSA) is 29.9 Å². The van der Waals surface area contributed by atoms with Gasteiger partial charge in [0.05, 0.1) is 12.0 Å². The van der Waals surface area contributed by atoms with E-state index >= 15 is 0 Å². The number of fused-ring (bicyclic) bond motifs is 1. The maximum atomic E-state index is 12.8. The summed E-state index contributed by atoms with van der Waals surface area (Å²) >= 11 is 0. The largest absolute Gasteiger partial charge is 0.383 e. The van der Waals surface area contributed by atoms with Crippen molar-refractivity contribution < 1.29 is 4.39 Å². The summed E-state index contributed by atoms with van der Waals surface area (Å²) in [4.78, 5) is 4.48. The molecule has 3 rings (SSSR count). The van der Waals surface area contributed by atoms with Crippen molar-refractivity contribution in [3.63, 3.8) is 0 Å². The van der Waals surface area contributed by atoms with Gasteiger partial charge in [0, 0.05) is 24.5 Å². The van der Waals surface area contributed by atoms with Crippen molar-refractivity contribution in [2.24, 2.45) is 0 Å². The Kier molecular flexibility index (Phi) is 3.49. The maximum Gasteiger partial charge on any atom is 0.123 e. The minimum absolute atomic E-state index is 0.200. The molecule has 19 heavy (non-hydrogen) atoms. The van der Waals surface area contributed by atoms with Crippen molar-refractivity contribution in [2.45, 2.75) is 32.2 Å². The van der Waals surface area contributed by atoms with Gasteiger partial charge in [-0.05, 0) is 49.9 Å². The predicted molar refractivity (Wildman–Crippen MR) is 73.8 cm³/mol. The van der Waals surface area contributed by atoms with Crippen LogP contribution in [0.1, 0.15) is 24.2 Å². The molecule has 1 aromatic heterocycles. The molecule has 0 radical (unpaired) electrons. The second-order valence-electron chi connectivity index (χ2n) is 4.97. The summed E-state index contributed by atoms with van der Waals surface area (Å²) in [5.74, 6) is -0.200. The van der Waals surface area contributed by atoms with E-state index in [1.165, 1.54) is 36.4 Å². The molecule has 100 valence electrons.